The molecule has 0 aliphatic rings. The van der Waals surface area contributed by atoms with E-state index in [0.717, 1.165) is 23.1 Å². The Bertz CT molecular complexity index is 617. The molecule has 0 radical (unpaired) electrons. The summed E-state index contributed by atoms with van der Waals surface area (Å²) < 4.78 is 5.96. The molecule has 0 bridgehead atoms. The summed E-state index contributed by atoms with van der Waals surface area (Å²) in [6.45, 7) is 1.44. The quantitative estimate of drug-likeness (QED) is 0.738. The van der Waals surface area contributed by atoms with Gasteiger partial charge in [-0.05, 0) is 42.8 Å². The molecule has 6 heteroatoms. The van der Waals surface area contributed by atoms with Crippen molar-refractivity contribution in [3.63, 3.8) is 0 Å². The van der Waals surface area contributed by atoms with Crippen molar-refractivity contribution in [2.45, 2.75) is 6.42 Å². The number of methoxy groups -OCH3 is 1. The minimum absolute atomic E-state index is 0.162. The standard InChI is InChI=1S/C16H18BrN3O2/c1-22-10-2-8-18-15-11-12(7-9-19-15)16(21)20-14-5-3-13(17)4-6-14/h3-7,9,11H,2,8,10H2,1H3,(H,18,19)(H,20,21). The largest absolute Gasteiger partial charge is 0.385 e. The average molecular weight is 364 g/mol. The molecule has 0 saturated heterocycles. The summed E-state index contributed by atoms with van der Waals surface area (Å²) in [6.07, 6.45) is 2.50. The summed E-state index contributed by atoms with van der Waals surface area (Å²) >= 11 is 3.36. The smallest absolute Gasteiger partial charge is 0.255 e. The van der Waals surface area contributed by atoms with Gasteiger partial charge in [0.2, 0.25) is 0 Å². The fourth-order valence-corrected chi connectivity index (χ4v) is 2.10. The molecule has 0 saturated carbocycles. The molecule has 22 heavy (non-hydrogen) atoms. The first-order chi connectivity index (χ1) is 10.7. The number of hydrogen-bond donors (Lipinski definition) is 2. The summed E-state index contributed by atoms with van der Waals surface area (Å²) in [4.78, 5) is 16.4. The van der Waals surface area contributed by atoms with Crippen molar-refractivity contribution in [3.05, 3.63) is 52.6 Å². The highest BCUT2D eigenvalue weighted by Crippen LogP contribution is 2.15. The van der Waals surface area contributed by atoms with Crippen LogP contribution in [0.15, 0.2) is 47.1 Å². The van der Waals surface area contributed by atoms with E-state index in [-0.39, 0.29) is 5.91 Å². The number of aromatic nitrogens is 1. The fraction of sp³-hybridized carbons (Fsp3) is 0.250. The molecule has 0 spiro atoms. The molecular formula is C16H18BrN3O2. The second-order valence-corrected chi connectivity index (χ2v) is 5.58. The van der Waals surface area contributed by atoms with Crippen molar-refractivity contribution in [3.8, 4) is 0 Å². The zero-order valence-electron chi connectivity index (χ0n) is 12.3. The minimum atomic E-state index is -0.162. The van der Waals surface area contributed by atoms with Gasteiger partial charge >= 0.3 is 0 Å². The minimum Gasteiger partial charge on any atom is -0.385 e. The summed E-state index contributed by atoms with van der Waals surface area (Å²) in [5.41, 5.74) is 1.31. The maximum absolute atomic E-state index is 12.2. The van der Waals surface area contributed by atoms with E-state index in [9.17, 15) is 4.79 Å². The summed E-state index contributed by atoms with van der Waals surface area (Å²) in [5, 5.41) is 6.02. The van der Waals surface area contributed by atoms with Gasteiger partial charge in [-0.3, -0.25) is 4.79 Å². The molecule has 116 valence electrons. The lowest BCUT2D eigenvalue weighted by Crippen LogP contribution is -2.13. The Balaban J connectivity index is 1.96. The number of carbonyl (C=O) groups is 1. The van der Waals surface area contributed by atoms with Crippen LogP contribution < -0.4 is 10.6 Å². The number of pyridine rings is 1. The van der Waals surface area contributed by atoms with Crippen LogP contribution in [0, 0.1) is 0 Å². The van der Waals surface area contributed by atoms with Crippen LogP contribution in [0.25, 0.3) is 0 Å². The van der Waals surface area contributed by atoms with Crippen molar-refractivity contribution in [1.29, 1.82) is 0 Å². The fourth-order valence-electron chi connectivity index (χ4n) is 1.84. The van der Waals surface area contributed by atoms with E-state index in [1.807, 2.05) is 24.3 Å². The van der Waals surface area contributed by atoms with Gasteiger partial charge < -0.3 is 15.4 Å². The molecule has 0 aliphatic carbocycles. The molecule has 1 aromatic heterocycles. The third-order valence-corrected chi connectivity index (χ3v) is 3.48. The van der Waals surface area contributed by atoms with Gasteiger partial charge in [-0.25, -0.2) is 4.98 Å². The number of rotatable bonds is 7. The zero-order chi connectivity index (χ0) is 15.8. The van der Waals surface area contributed by atoms with Gasteiger partial charge in [0.05, 0.1) is 0 Å². The Kier molecular flexibility index (Phi) is 6.36. The van der Waals surface area contributed by atoms with E-state index in [1.165, 1.54) is 0 Å². The number of anilines is 2. The van der Waals surface area contributed by atoms with Crippen LogP contribution in [0.3, 0.4) is 0 Å². The van der Waals surface area contributed by atoms with Crippen LogP contribution in [0.4, 0.5) is 11.5 Å². The first-order valence-corrected chi connectivity index (χ1v) is 7.74. The third-order valence-electron chi connectivity index (χ3n) is 2.96. The lowest BCUT2D eigenvalue weighted by molar-refractivity contribution is 0.102. The number of nitrogens with one attached hydrogen (secondary N) is 2. The summed E-state index contributed by atoms with van der Waals surface area (Å²) in [6, 6.07) is 10.9. The van der Waals surface area contributed by atoms with Gasteiger partial charge in [0.25, 0.3) is 5.91 Å². The maximum atomic E-state index is 12.2. The highest BCUT2D eigenvalue weighted by Gasteiger charge is 2.07. The molecule has 1 heterocycles. The van der Waals surface area contributed by atoms with Crippen LogP contribution in [-0.2, 0) is 4.74 Å². The van der Waals surface area contributed by atoms with Gasteiger partial charge in [-0.2, -0.15) is 0 Å². The maximum Gasteiger partial charge on any atom is 0.255 e. The summed E-state index contributed by atoms with van der Waals surface area (Å²) in [5.74, 6) is 0.518. The van der Waals surface area contributed by atoms with Crippen molar-refractivity contribution in [2.24, 2.45) is 0 Å². The summed E-state index contributed by atoms with van der Waals surface area (Å²) in [7, 11) is 1.67. The molecule has 0 unspecified atom stereocenters. The van der Waals surface area contributed by atoms with E-state index in [2.05, 4.69) is 31.5 Å². The number of benzene rings is 1. The van der Waals surface area contributed by atoms with Crippen LogP contribution in [0.1, 0.15) is 16.8 Å². The first-order valence-electron chi connectivity index (χ1n) is 6.95. The number of hydrogen-bond acceptors (Lipinski definition) is 4. The average Bonchev–Trinajstić information content (AvgIpc) is 2.54. The molecule has 1 amide bonds. The predicted molar refractivity (Wildman–Crippen MR) is 91.3 cm³/mol. The Morgan fingerprint density at radius 2 is 2.05 bits per heavy atom. The zero-order valence-corrected chi connectivity index (χ0v) is 13.9. The predicted octanol–water partition coefficient (Wildman–Crippen LogP) is 3.54. The SMILES string of the molecule is COCCCNc1cc(C(=O)Nc2ccc(Br)cc2)ccn1. The molecule has 1 aromatic carbocycles. The van der Waals surface area contributed by atoms with Crippen LogP contribution >= 0.6 is 15.9 Å². The Morgan fingerprint density at radius 3 is 2.77 bits per heavy atom. The second-order valence-electron chi connectivity index (χ2n) is 4.66. The molecule has 0 aliphatic heterocycles. The third kappa shape index (κ3) is 5.13. The topological polar surface area (TPSA) is 63.2 Å². The van der Waals surface area contributed by atoms with E-state index < -0.39 is 0 Å². The van der Waals surface area contributed by atoms with E-state index in [0.29, 0.717) is 18.0 Å². The van der Waals surface area contributed by atoms with Crippen LogP contribution in [0.2, 0.25) is 0 Å². The lowest BCUT2D eigenvalue weighted by atomic mass is 10.2. The van der Waals surface area contributed by atoms with Crippen molar-refractivity contribution in [1.82, 2.24) is 4.98 Å². The molecule has 2 rings (SSSR count). The molecule has 2 aromatic rings. The molecule has 5 nitrogen and oxygen atoms in total. The lowest BCUT2D eigenvalue weighted by Gasteiger charge is -2.08. The first kappa shape index (κ1) is 16.5. The van der Waals surface area contributed by atoms with Crippen molar-refractivity contribution < 1.29 is 9.53 Å². The number of nitrogens with zero attached hydrogens (tertiary/aromatic N) is 1. The molecule has 0 atom stereocenters. The van der Waals surface area contributed by atoms with Gasteiger partial charge in [-0.1, -0.05) is 15.9 Å². The molecule has 0 fully saturated rings. The Hall–Kier alpha value is -1.92. The number of carbonyl (C=O) groups excluding carboxylic acids is 1. The van der Waals surface area contributed by atoms with Gasteiger partial charge in [0.1, 0.15) is 5.82 Å². The van der Waals surface area contributed by atoms with Crippen molar-refractivity contribution in [2.75, 3.05) is 30.9 Å². The van der Waals surface area contributed by atoms with Crippen LogP contribution in [0.5, 0.6) is 0 Å². The number of halogens is 1. The Morgan fingerprint density at radius 1 is 1.27 bits per heavy atom. The highest BCUT2D eigenvalue weighted by atomic mass is 79.9. The van der Waals surface area contributed by atoms with Crippen LogP contribution in [-0.4, -0.2) is 31.2 Å². The second kappa shape index (κ2) is 8.51. The molecular weight excluding hydrogens is 346 g/mol. The van der Waals surface area contributed by atoms with E-state index >= 15 is 0 Å². The van der Waals surface area contributed by atoms with E-state index in [1.54, 1.807) is 25.4 Å². The number of amides is 1. The van der Waals surface area contributed by atoms with Gasteiger partial charge in [0, 0.05) is 42.2 Å². The van der Waals surface area contributed by atoms with Gasteiger partial charge in [-0.15, -0.1) is 0 Å². The van der Waals surface area contributed by atoms with Crippen molar-refractivity contribution >= 4 is 33.3 Å². The van der Waals surface area contributed by atoms with Gasteiger partial charge in [0.15, 0.2) is 0 Å². The normalized spacial score (nSPS) is 10.3. The highest BCUT2D eigenvalue weighted by molar-refractivity contribution is 9.10. The number of ether oxygens (including phenoxy) is 1. The molecule has 2 N–H and O–H groups in total. The Labute approximate surface area is 138 Å². The van der Waals surface area contributed by atoms with E-state index in [4.69, 9.17) is 4.74 Å². The monoisotopic (exact) mass is 363 g/mol.